The first-order chi connectivity index (χ1) is 3.79. The molecule has 0 radical (unpaired) electrons. The van der Waals surface area contributed by atoms with Gasteiger partial charge in [-0.25, -0.2) is 4.39 Å². The molecule has 0 spiro atoms. The standard InChI is InChI=1S/C5H2ClFN.ClH.Li/c6-5-2-1-4(7)3-8-5;;/h1-2H;1H;/q-1;;+1/p-1. The van der Waals surface area contributed by atoms with Crippen molar-refractivity contribution in [2.75, 3.05) is 0 Å². The van der Waals surface area contributed by atoms with Crippen molar-refractivity contribution >= 4 is 11.6 Å². The molecule has 0 fully saturated rings. The summed E-state index contributed by atoms with van der Waals surface area (Å²) in [5, 5.41) is 0.256. The topological polar surface area (TPSA) is 12.9 Å². The smallest absolute Gasteiger partial charge is 1.00 e. The van der Waals surface area contributed by atoms with E-state index in [9.17, 15) is 4.39 Å². The van der Waals surface area contributed by atoms with Crippen LogP contribution in [-0.4, -0.2) is 4.98 Å². The summed E-state index contributed by atoms with van der Waals surface area (Å²) >= 11 is 5.30. The van der Waals surface area contributed by atoms with Gasteiger partial charge >= 0.3 is 18.9 Å². The molecule has 0 amide bonds. The summed E-state index contributed by atoms with van der Waals surface area (Å²) in [6.45, 7) is 0. The predicted molar refractivity (Wildman–Crippen MR) is 28.0 cm³/mol. The molecule has 1 heterocycles. The molecule has 0 N–H and O–H groups in total. The van der Waals surface area contributed by atoms with E-state index in [1.165, 1.54) is 12.1 Å². The predicted octanol–water partition coefficient (Wildman–Crippen LogP) is -4.32. The van der Waals surface area contributed by atoms with Crippen molar-refractivity contribution in [1.29, 1.82) is 0 Å². The Morgan fingerprint density at radius 1 is 1.50 bits per heavy atom. The number of nitrogens with zero attached hydrogens (tertiary/aromatic N) is 1. The van der Waals surface area contributed by atoms with Crippen LogP contribution in [0.1, 0.15) is 0 Å². The van der Waals surface area contributed by atoms with Gasteiger partial charge in [0.2, 0.25) is 0 Å². The molecular weight excluding hydrogens is 171 g/mol. The molecule has 0 saturated carbocycles. The Balaban J connectivity index is 0. The normalized spacial score (nSPS) is 7.40. The molecule has 0 unspecified atom stereocenters. The number of pyridine rings is 1. The summed E-state index contributed by atoms with van der Waals surface area (Å²) < 4.78 is 11.9. The van der Waals surface area contributed by atoms with Crippen molar-refractivity contribution in [3.05, 3.63) is 29.3 Å². The van der Waals surface area contributed by atoms with Crippen molar-refractivity contribution in [3.63, 3.8) is 0 Å². The van der Waals surface area contributed by atoms with Gasteiger partial charge < -0.3 is 17.4 Å². The molecule has 0 atom stereocenters. The average molecular weight is 173 g/mol. The maximum atomic E-state index is 11.9. The van der Waals surface area contributed by atoms with Crippen LogP contribution in [0.4, 0.5) is 4.39 Å². The van der Waals surface area contributed by atoms with Crippen molar-refractivity contribution in [1.82, 2.24) is 4.98 Å². The maximum absolute atomic E-state index is 11.9. The summed E-state index contributed by atoms with van der Waals surface area (Å²) in [6, 6.07) is 2.57. The van der Waals surface area contributed by atoms with Crippen molar-refractivity contribution in [2.24, 2.45) is 0 Å². The largest absolute Gasteiger partial charge is 1.00 e. The minimum atomic E-state index is -0.491. The van der Waals surface area contributed by atoms with Gasteiger partial charge in [-0.3, -0.25) is 0 Å². The average Bonchev–Trinajstić information content (AvgIpc) is 1.77. The number of rotatable bonds is 0. The van der Waals surface area contributed by atoms with Gasteiger partial charge in [0.05, 0.1) is 0 Å². The molecule has 0 aliphatic carbocycles. The van der Waals surface area contributed by atoms with E-state index in [1.807, 2.05) is 0 Å². The van der Waals surface area contributed by atoms with Crippen LogP contribution >= 0.6 is 11.6 Å². The fraction of sp³-hybridized carbons (Fsp3) is 0. The first-order valence-electron chi connectivity index (χ1n) is 1.99. The van der Waals surface area contributed by atoms with Crippen LogP contribution in [0.2, 0.25) is 5.15 Å². The van der Waals surface area contributed by atoms with Crippen LogP contribution in [0.3, 0.4) is 0 Å². The first-order valence-corrected chi connectivity index (χ1v) is 2.36. The second kappa shape index (κ2) is 6.00. The third-order valence-electron chi connectivity index (χ3n) is 0.637. The van der Waals surface area contributed by atoms with E-state index in [1.54, 1.807) is 0 Å². The zero-order valence-corrected chi connectivity index (χ0v) is 6.75. The second-order valence-corrected chi connectivity index (χ2v) is 1.61. The monoisotopic (exact) mass is 172 g/mol. The molecule has 0 aromatic carbocycles. The Kier molecular flexibility index (Phi) is 7.73. The van der Waals surface area contributed by atoms with Gasteiger partial charge in [-0.05, 0) is 6.20 Å². The van der Waals surface area contributed by atoms with Crippen LogP contribution in [0.25, 0.3) is 0 Å². The summed E-state index contributed by atoms with van der Waals surface area (Å²) in [5.74, 6) is -0.491. The molecule has 0 aliphatic heterocycles. The van der Waals surface area contributed by atoms with Crippen molar-refractivity contribution in [2.45, 2.75) is 0 Å². The van der Waals surface area contributed by atoms with Crippen molar-refractivity contribution < 1.29 is 35.7 Å². The van der Waals surface area contributed by atoms with Gasteiger partial charge in [0.25, 0.3) is 0 Å². The fourth-order valence-corrected chi connectivity index (χ4v) is 0.429. The Morgan fingerprint density at radius 2 is 2.10 bits per heavy atom. The molecule has 0 aliphatic rings. The Labute approximate surface area is 81.6 Å². The number of hydrogen-bond acceptors (Lipinski definition) is 1. The number of aromatic nitrogens is 1. The summed E-state index contributed by atoms with van der Waals surface area (Å²) in [5.41, 5.74) is 0. The Bertz CT molecular complexity index is 159. The van der Waals surface area contributed by atoms with Gasteiger partial charge in [0, 0.05) is 11.0 Å². The van der Waals surface area contributed by atoms with Gasteiger partial charge in [-0.1, -0.05) is 0 Å². The molecular formula is C5H2Cl2FLiN-. The molecule has 5 heteroatoms. The van der Waals surface area contributed by atoms with E-state index in [4.69, 9.17) is 11.6 Å². The minimum Gasteiger partial charge on any atom is -1.00 e. The molecule has 0 saturated heterocycles. The first kappa shape index (κ1) is 12.9. The zero-order valence-electron chi connectivity index (χ0n) is 5.24. The van der Waals surface area contributed by atoms with E-state index in [0.29, 0.717) is 0 Å². The quantitative estimate of drug-likeness (QED) is 0.219. The van der Waals surface area contributed by atoms with Gasteiger partial charge in [0.1, 0.15) is 0 Å². The number of halogens is 3. The van der Waals surface area contributed by atoms with Gasteiger partial charge in [-0.2, -0.15) is 0 Å². The summed E-state index contributed by atoms with van der Waals surface area (Å²) in [6.07, 6.45) is 2.05. The molecule has 0 bridgehead atoms. The summed E-state index contributed by atoms with van der Waals surface area (Å²) in [4.78, 5) is 3.34. The van der Waals surface area contributed by atoms with Crippen LogP contribution in [0.5, 0.6) is 0 Å². The SMILES string of the molecule is Fc1[c-]nc(Cl)cc1.[Cl-].[Li+]. The van der Waals surface area contributed by atoms with Crippen LogP contribution < -0.4 is 31.3 Å². The Hall–Kier alpha value is 0.257. The molecule has 1 aromatic heterocycles. The maximum Gasteiger partial charge on any atom is 1.00 e. The third-order valence-corrected chi connectivity index (χ3v) is 0.847. The zero-order chi connectivity index (χ0) is 5.98. The van der Waals surface area contributed by atoms with E-state index in [0.717, 1.165) is 0 Å². The molecule has 1 rings (SSSR count). The van der Waals surface area contributed by atoms with Crippen LogP contribution in [0.15, 0.2) is 12.1 Å². The van der Waals surface area contributed by atoms with E-state index in [2.05, 4.69) is 11.2 Å². The third kappa shape index (κ3) is 4.13. The van der Waals surface area contributed by atoms with E-state index in [-0.39, 0.29) is 36.4 Å². The fourth-order valence-electron chi connectivity index (χ4n) is 0.323. The molecule has 1 aromatic rings. The molecule has 1 nitrogen and oxygen atoms in total. The van der Waals surface area contributed by atoms with E-state index >= 15 is 0 Å². The summed E-state index contributed by atoms with van der Waals surface area (Å²) in [7, 11) is 0. The van der Waals surface area contributed by atoms with Crippen LogP contribution in [-0.2, 0) is 0 Å². The molecule has 50 valence electrons. The second-order valence-electron chi connectivity index (χ2n) is 1.23. The van der Waals surface area contributed by atoms with Gasteiger partial charge in [-0.15, -0.1) is 23.7 Å². The van der Waals surface area contributed by atoms with Crippen LogP contribution in [0, 0.1) is 12.0 Å². The van der Waals surface area contributed by atoms with Crippen molar-refractivity contribution in [3.8, 4) is 0 Å². The van der Waals surface area contributed by atoms with E-state index < -0.39 is 5.82 Å². The Morgan fingerprint density at radius 3 is 2.40 bits per heavy atom. The molecule has 10 heavy (non-hydrogen) atoms. The number of hydrogen-bond donors (Lipinski definition) is 0. The van der Waals surface area contributed by atoms with Gasteiger partial charge in [0.15, 0.2) is 0 Å². The minimum absolute atomic E-state index is 0.